The van der Waals surface area contributed by atoms with Gasteiger partial charge in [0.2, 0.25) is 0 Å². The molecule has 0 aliphatic heterocycles. The summed E-state index contributed by atoms with van der Waals surface area (Å²) in [5.41, 5.74) is 7.15. The number of nitrogen functional groups attached to an aromatic ring is 1. The van der Waals surface area contributed by atoms with Gasteiger partial charge < -0.3 is 15.4 Å². The van der Waals surface area contributed by atoms with E-state index in [1.807, 2.05) is 23.9 Å². The third-order valence-electron chi connectivity index (χ3n) is 2.68. The molecule has 3 N–H and O–H groups in total. The van der Waals surface area contributed by atoms with Crippen molar-refractivity contribution in [2.24, 2.45) is 7.05 Å². The molecule has 1 aromatic carbocycles. The minimum Gasteiger partial charge on any atom is -0.399 e. The lowest BCUT2D eigenvalue weighted by Crippen LogP contribution is -2.07. The normalized spacial score (nSPS) is 12.6. The summed E-state index contributed by atoms with van der Waals surface area (Å²) >= 11 is 3.40. The molecule has 1 aromatic heterocycles. The standard InChI is InChI=1S/C12H14BrN3O/c1-16-5-4-15-12(16)7-11(17)9-3-2-8(14)6-10(9)13/h2-6,11,17H,7,14H2,1H3. The molecule has 0 bridgehead atoms. The predicted molar refractivity (Wildman–Crippen MR) is 70.4 cm³/mol. The number of aliphatic hydroxyl groups is 1. The molecule has 0 saturated heterocycles. The number of aliphatic hydroxyl groups excluding tert-OH is 1. The first-order valence-electron chi connectivity index (χ1n) is 5.27. The summed E-state index contributed by atoms with van der Waals surface area (Å²) in [6.07, 6.45) is 3.47. The zero-order valence-corrected chi connectivity index (χ0v) is 11.1. The maximum atomic E-state index is 10.2. The molecule has 90 valence electrons. The van der Waals surface area contributed by atoms with E-state index < -0.39 is 6.10 Å². The minimum atomic E-state index is -0.592. The molecule has 0 amide bonds. The molecule has 2 aromatic rings. The molecule has 1 atom stereocenters. The Morgan fingerprint density at radius 2 is 2.29 bits per heavy atom. The summed E-state index contributed by atoms with van der Waals surface area (Å²) in [6, 6.07) is 5.39. The number of aryl methyl sites for hydroxylation is 1. The predicted octanol–water partition coefficient (Wildman–Crippen LogP) is 2.04. The Balaban J connectivity index is 2.20. The van der Waals surface area contributed by atoms with Crippen LogP contribution in [0.25, 0.3) is 0 Å². The maximum absolute atomic E-state index is 10.2. The van der Waals surface area contributed by atoms with Crippen LogP contribution in [0.4, 0.5) is 5.69 Å². The highest BCUT2D eigenvalue weighted by Crippen LogP contribution is 2.27. The summed E-state index contributed by atoms with van der Waals surface area (Å²) < 4.78 is 2.72. The molecular formula is C12H14BrN3O. The van der Waals surface area contributed by atoms with E-state index >= 15 is 0 Å². The first-order chi connectivity index (χ1) is 8.08. The van der Waals surface area contributed by atoms with Crippen LogP contribution in [0.2, 0.25) is 0 Å². The van der Waals surface area contributed by atoms with Crippen LogP contribution < -0.4 is 5.73 Å². The monoisotopic (exact) mass is 295 g/mol. The number of nitrogens with two attached hydrogens (primary N) is 1. The summed E-state index contributed by atoms with van der Waals surface area (Å²) in [5, 5.41) is 10.2. The molecule has 0 aliphatic rings. The first kappa shape index (κ1) is 12.1. The van der Waals surface area contributed by atoms with Gasteiger partial charge in [0.05, 0.1) is 6.10 Å². The molecule has 0 aliphatic carbocycles. The van der Waals surface area contributed by atoms with E-state index in [4.69, 9.17) is 5.73 Å². The molecule has 0 fully saturated rings. The van der Waals surface area contributed by atoms with E-state index in [0.717, 1.165) is 15.9 Å². The van der Waals surface area contributed by atoms with Gasteiger partial charge in [0.15, 0.2) is 0 Å². The SMILES string of the molecule is Cn1ccnc1CC(O)c1ccc(N)cc1Br. The largest absolute Gasteiger partial charge is 0.399 e. The number of rotatable bonds is 3. The van der Waals surface area contributed by atoms with Gasteiger partial charge in [-0.1, -0.05) is 22.0 Å². The molecule has 1 unspecified atom stereocenters. The van der Waals surface area contributed by atoms with Crippen LogP contribution in [-0.2, 0) is 13.5 Å². The van der Waals surface area contributed by atoms with E-state index in [9.17, 15) is 5.11 Å². The van der Waals surface area contributed by atoms with Gasteiger partial charge in [0.25, 0.3) is 0 Å². The van der Waals surface area contributed by atoms with Gasteiger partial charge in [0, 0.05) is 36.0 Å². The highest BCUT2D eigenvalue weighted by atomic mass is 79.9. The summed E-state index contributed by atoms with van der Waals surface area (Å²) in [4.78, 5) is 4.19. The Labute approximate surface area is 108 Å². The fourth-order valence-corrected chi connectivity index (χ4v) is 2.35. The smallest absolute Gasteiger partial charge is 0.111 e. The third-order valence-corrected chi connectivity index (χ3v) is 3.37. The van der Waals surface area contributed by atoms with Crippen LogP contribution in [0.5, 0.6) is 0 Å². The fraction of sp³-hybridized carbons (Fsp3) is 0.250. The van der Waals surface area contributed by atoms with Crippen molar-refractivity contribution in [1.29, 1.82) is 0 Å². The van der Waals surface area contributed by atoms with Crippen LogP contribution in [-0.4, -0.2) is 14.7 Å². The molecule has 1 heterocycles. The second-order valence-electron chi connectivity index (χ2n) is 3.96. The highest BCUT2D eigenvalue weighted by Gasteiger charge is 2.14. The Bertz CT molecular complexity index is 524. The topological polar surface area (TPSA) is 64.1 Å². The number of halogens is 1. The maximum Gasteiger partial charge on any atom is 0.111 e. The number of hydrogen-bond donors (Lipinski definition) is 2. The van der Waals surface area contributed by atoms with Gasteiger partial charge in [-0.05, 0) is 17.7 Å². The molecule has 0 spiro atoms. The van der Waals surface area contributed by atoms with E-state index in [0.29, 0.717) is 12.1 Å². The van der Waals surface area contributed by atoms with E-state index in [-0.39, 0.29) is 0 Å². The molecule has 17 heavy (non-hydrogen) atoms. The number of anilines is 1. The first-order valence-corrected chi connectivity index (χ1v) is 6.06. The number of benzene rings is 1. The second-order valence-corrected chi connectivity index (χ2v) is 4.81. The molecular weight excluding hydrogens is 282 g/mol. The van der Waals surface area contributed by atoms with Crippen LogP contribution in [0, 0.1) is 0 Å². The molecule has 2 rings (SSSR count). The van der Waals surface area contributed by atoms with Gasteiger partial charge >= 0.3 is 0 Å². The average Bonchev–Trinajstić information content (AvgIpc) is 2.64. The summed E-state index contributed by atoms with van der Waals surface area (Å²) in [6.45, 7) is 0. The molecule has 4 nitrogen and oxygen atoms in total. The summed E-state index contributed by atoms with van der Waals surface area (Å²) in [7, 11) is 1.91. The fourth-order valence-electron chi connectivity index (χ4n) is 1.69. The second kappa shape index (κ2) is 4.89. The zero-order chi connectivity index (χ0) is 12.4. The van der Waals surface area contributed by atoms with Crippen molar-refractivity contribution in [1.82, 2.24) is 9.55 Å². The molecule has 0 saturated carbocycles. The Kier molecular flexibility index (Phi) is 3.49. The van der Waals surface area contributed by atoms with Crippen molar-refractivity contribution in [3.8, 4) is 0 Å². The number of nitrogens with zero attached hydrogens (tertiary/aromatic N) is 2. The van der Waals surface area contributed by atoms with Crippen LogP contribution in [0.1, 0.15) is 17.5 Å². The highest BCUT2D eigenvalue weighted by molar-refractivity contribution is 9.10. The summed E-state index contributed by atoms with van der Waals surface area (Å²) in [5.74, 6) is 0.848. The number of hydrogen-bond acceptors (Lipinski definition) is 3. The van der Waals surface area contributed by atoms with Crippen molar-refractivity contribution in [2.45, 2.75) is 12.5 Å². The quantitative estimate of drug-likeness (QED) is 0.852. The van der Waals surface area contributed by atoms with Gasteiger partial charge in [0.1, 0.15) is 5.82 Å². The number of imidazole rings is 1. The Morgan fingerprint density at radius 3 is 2.88 bits per heavy atom. The van der Waals surface area contributed by atoms with Crippen LogP contribution >= 0.6 is 15.9 Å². The van der Waals surface area contributed by atoms with E-state index in [2.05, 4.69) is 20.9 Å². The number of aromatic nitrogens is 2. The van der Waals surface area contributed by atoms with Crippen molar-refractivity contribution in [2.75, 3.05) is 5.73 Å². The van der Waals surface area contributed by atoms with Gasteiger partial charge in [-0.25, -0.2) is 4.98 Å². The lowest BCUT2D eigenvalue weighted by atomic mass is 10.1. The Morgan fingerprint density at radius 1 is 1.53 bits per heavy atom. The van der Waals surface area contributed by atoms with E-state index in [1.165, 1.54) is 0 Å². The van der Waals surface area contributed by atoms with Crippen molar-refractivity contribution in [3.63, 3.8) is 0 Å². The van der Waals surface area contributed by atoms with E-state index in [1.54, 1.807) is 18.3 Å². The van der Waals surface area contributed by atoms with Crippen LogP contribution in [0.3, 0.4) is 0 Å². The van der Waals surface area contributed by atoms with Crippen molar-refractivity contribution < 1.29 is 5.11 Å². The molecule has 0 radical (unpaired) electrons. The minimum absolute atomic E-state index is 0.478. The Hall–Kier alpha value is -1.33. The lowest BCUT2D eigenvalue weighted by Gasteiger charge is -2.13. The van der Waals surface area contributed by atoms with Crippen molar-refractivity contribution in [3.05, 3.63) is 46.5 Å². The van der Waals surface area contributed by atoms with Crippen molar-refractivity contribution >= 4 is 21.6 Å². The third kappa shape index (κ3) is 2.68. The van der Waals surface area contributed by atoms with Crippen LogP contribution in [0.15, 0.2) is 35.1 Å². The zero-order valence-electron chi connectivity index (χ0n) is 9.47. The average molecular weight is 296 g/mol. The molecule has 5 heteroatoms. The lowest BCUT2D eigenvalue weighted by molar-refractivity contribution is 0.174. The van der Waals surface area contributed by atoms with Gasteiger partial charge in [-0.15, -0.1) is 0 Å². The van der Waals surface area contributed by atoms with Gasteiger partial charge in [-0.2, -0.15) is 0 Å². The van der Waals surface area contributed by atoms with Gasteiger partial charge in [-0.3, -0.25) is 0 Å².